The quantitative estimate of drug-likeness (QED) is 0.298. The molecule has 156 valence electrons. The number of sulfonamides is 1. The third kappa shape index (κ3) is 7.80. The molecule has 0 unspecified atom stereocenters. The van der Waals surface area contributed by atoms with Crippen LogP contribution >= 0.6 is 24.0 Å². The predicted molar refractivity (Wildman–Crippen MR) is 125 cm³/mol. The molecule has 0 aliphatic heterocycles. The van der Waals surface area contributed by atoms with Gasteiger partial charge in [-0.1, -0.05) is 18.2 Å². The van der Waals surface area contributed by atoms with E-state index in [1.54, 1.807) is 25.2 Å². The first-order valence-electron chi connectivity index (χ1n) is 8.88. The van der Waals surface area contributed by atoms with Crippen LogP contribution in [0.4, 0.5) is 0 Å². The number of benzene rings is 1. The zero-order valence-corrected chi connectivity index (χ0v) is 19.9. The molecule has 1 aromatic heterocycles. The Labute approximate surface area is 185 Å². The molecule has 0 saturated heterocycles. The van der Waals surface area contributed by atoms with Crippen LogP contribution in [0.5, 0.6) is 0 Å². The van der Waals surface area contributed by atoms with Crippen molar-refractivity contribution in [3.63, 3.8) is 0 Å². The third-order valence-electron chi connectivity index (χ3n) is 3.70. The van der Waals surface area contributed by atoms with Gasteiger partial charge in [0.1, 0.15) is 0 Å². The average molecular weight is 519 g/mol. The molecule has 0 atom stereocenters. The van der Waals surface area contributed by atoms with Gasteiger partial charge in [-0.15, -0.1) is 24.0 Å². The second-order valence-corrected chi connectivity index (χ2v) is 8.89. The summed E-state index contributed by atoms with van der Waals surface area (Å²) < 4.78 is 30.2. The van der Waals surface area contributed by atoms with Crippen molar-refractivity contribution in [1.29, 1.82) is 0 Å². The van der Waals surface area contributed by atoms with Crippen molar-refractivity contribution in [2.45, 2.75) is 44.3 Å². The Hall–Kier alpha value is -1.59. The molecular formula is C19H30IN5O2S. The van der Waals surface area contributed by atoms with E-state index in [1.807, 2.05) is 51.4 Å². The molecule has 28 heavy (non-hydrogen) atoms. The van der Waals surface area contributed by atoms with Crippen molar-refractivity contribution >= 4 is 40.0 Å². The number of aliphatic imine (C=N–C) groups is 1. The van der Waals surface area contributed by atoms with Crippen molar-refractivity contribution in [2.75, 3.05) is 13.6 Å². The minimum atomic E-state index is -3.60. The van der Waals surface area contributed by atoms with E-state index in [0.717, 1.165) is 6.54 Å². The highest BCUT2D eigenvalue weighted by atomic mass is 127. The molecule has 2 rings (SSSR count). The molecule has 9 heteroatoms. The van der Waals surface area contributed by atoms with Gasteiger partial charge in [-0.3, -0.25) is 4.99 Å². The molecule has 0 saturated carbocycles. The second-order valence-electron chi connectivity index (χ2n) is 7.24. The van der Waals surface area contributed by atoms with Crippen molar-refractivity contribution in [3.8, 4) is 0 Å². The van der Waals surface area contributed by atoms with Crippen LogP contribution in [0.2, 0.25) is 0 Å². The number of guanidine groups is 1. The summed E-state index contributed by atoms with van der Waals surface area (Å²) in [5.74, 6) is 0.623. The summed E-state index contributed by atoms with van der Waals surface area (Å²) in [5, 5.41) is 6.41. The van der Waals surface area contributed by atoms with E-state index in [-0.39, 0.29) is 28.9 Å². The second kappa shape index (κ2) is 10.8. The SMILES string of the molecule is CN=C(NCCn1cccc1)NCc1ccccc1S(=O)(=O)NC(C)(C)C.I. The lowest BCUT2D eigenvalue weighted by Gasteiger charge is -2.22. The van der Waals surface area contributed by atoms with Gasteiger partial charge in [-0.25, -0.2) is 13.1 Å². The molecule has 2 aromatic rings. The molecule has 0 fully saturated rings. The lowest BCUT2D eigenvalue weighted by molar-refractivity contribution is 0.491. The first-order chi connectivity index (χ1) is 12.7. The first-order valence-corrected chi connectivity index (χ1v) is 10.4. The topological polar surface area (TPSA) is 87.5 Å². The van der Waals surface area contributed by atoms with E-state index in [2.05, 4.69) is 24.9 Å². The lowest BCUT2D eigenvalue weighted by atomic mass is 10.1. The molecule has 0 aliphatic carbocycles. The fourth-order valence-corrected chi connectivity index (χ4v) is 4.25. The van der Waals surface area contributed by atoms with Gasteiger partial charge in [0.2, 0.25) is 10.0 Å². The van der Waals surface area contributed by atoms with Gasteiger partial charge in [-0.2, -0.15) is 0 Å². The Bertz CT molecular complexity index is 859. The number of nitrogens with zero attached hydrogens (tertiary/aromatic N) is 2. The van der Waals surface area contributed by atoms with Crippen LogP contribution in [0.15, 0.2) is 58.7 Å². The number of hydrogen-bond donors (Lipinski definition) is 3. The molecule has 0 radical (unpaired) electrons. The summed E-state index contributed by atoms with van der Waals surface area (Å²) in [6.45, 7) is 7.34. The fraction of sp³-hybridized carbons (Fsp3) is 0.421. The number of nitrogens with one attached hydrogen (secondary N) is 3. The summed E-state index contributed by atoms with van der Waals surface area (Å²) in [4.78, 5) is 4.47. The monoisotopic (exact) mass is 519 g/mol. The van der Waals surface area contributed by atoms with Crippen molar-refractivity contribution in [1.82, 2.24) is 19.9 Å². The minimum Gasteiger partial charge on any atom is -0.355 e. The van der Waals surface area contributed by atoms with E-state index in [4.69, 9.17) is 0 Å². The van der Waals surface area contributed by atoms with Gasteiger partial charge in [0, 0.05) is 44.6 Å². The van der Waals surface area contributed by atoms with Crippen LogP contribution in [0, 0.1) is 0 Å². The van der Waals surface area contributed by atoms with Crippen molar-refractivity contribution in [2.24, 2.45) is 4.99 Å². The largest absolute Gasteiger partial charge is 0.355 e. The summed E-state index contributed by atoms with van der Waals surface area (Å²) in [6, 6.07) is 10.9. The standard InChI is InChI=1S/C19H29N5O2S.HI/c1-19(2,3)23-27(25,26)17-10-6-5-9-16(17)15-22-18(20-4)21-11-14-24-12-7-8-13-24;/h5-10,12-13,23H,11,14-15H2,1-4H3,(H2,20,21,22);1H. The van der Waals surface area contributed by atoms with Gasteiger partial charge in [0.05, 0.1) is 4.90 Å². The van der Waals surface area contributed by atoms with Gasteiger partial charge < -0.3 is 15.2 Å². The summed E-state index contributed by atoms with van der Waals surface area (Å²) >= 11 is 0. The maximum atomic E-state index is 12.7. The van der Waals surface area contributed by atoms with Crippen molar-refractivity contribution < 1.29 is 8.42 Å². The fourth-order valence-electron chi connectivity index (χ4n) is 2.59. The number of hydrogen-bond acceptors (Lipinski definition) is 3. The third-order valence-corrected chi connectivity index (χ3v) is 5.56. The van der Waals surface area contributed by atoms with Gasteiger partial charge in [0.15, 0.2) is 5.96 Å². The first kappa shape index (κ1) is 24.4. The lowest BCUT2D eigenvalue weighted by Crippen LogP contribution is -2.41. The van der Waals surface area contributed by atoms with E-state index in [9.17, 15) is 8.42 Å². The Morgan fingerprint density at radius 3 is 2.32 bits per heavy atom. The highest BCUT2D eigenvalue weighted by Crippen LogP contribution is 2.17. The molecule has 0 aliphatic rings. The zero-order chi connectivity index (χ0) is 19.9. The molecule has 1 aromatic carbocycles. The molecule has 1 heterocycles. The average Bonchev–Trinajstić information content (AvgIpc) is 3.09. The van der Waals surface area contributed by atoms with Crippen LogP contribution in [0.1, 0.15) is 26.3 Å². The smallest absolute Gasteiger partial charge is 0.241 e. The van der Waals surface area contributed by atoms with E-state index < -0.39 is 15.6 Å². The van der Waals surface area contributed by atoms with Crippen LogP contribution in [-0.2, 0) is 23.1 Å². The minimum absolute atomic E-state index is 0. The number of rotatable bonds is 7. The van der Waals surface area contributed by atoms with Gasteiger partial charge in [0.25, 0.3) is 0 Å². The molecule has 3 N–H and O–H groups in total. The van der Waals surface area contributed by atoms with Crippen LogP contribution < -0.4 is 15.4 Å². The Balaban J connectivity index is 0.00000392. The summed E-state index contributed by atoms with van der Waals surface area (Å²) in [6.07, 6.45) is 4.00. The number of aromatic nitrogens is 1. The normalized spacial score (nSPS) is 12.4. The Morgan fingerprint density at radius 2 is 1.71 bits per heavy atom. The molecular weight excluding hydrogens is 489 g/mol. The maximum absolute atomic E-state index is 12.7. The van der Waals surface area contributed by atoms with Crippen LogP contribution in [-0.4, -0.2) is 38.1 Å². The summed E-state index contributed by atoms with van der Waals surface area (Å²) in [5.41, 5.74) is 0.137. The summed E-state index contributed by atoms with van der Waals surface area (Å²) in [7, 11) is -1.91. The van der Waals surface area contributed by atoms with Gasteiger partial charge in [-0.05, 0) is 44.5 Å². The van der Waals surface area contributed by atoms with E-state index in [1.165, 1.54) is 0 Å². The van der Waals surface area contributed by atoms with Crippen LogP contribution in [0.25, 0.3) is 0 Å². The van der Waals surface area contributed by atoms with Crippen molar-refractivity contribution in [3.05, 3.63) is 54.4 Å². The molecule has 0 amide bonds. The maximum Gasteiger partial charge on any atom is 0.241 e. The Kier molecular flexibility index (Phi) is 9.45. The van der Waals surface area contributed by atoms with Gasteiger partial charge >= 0.3 is 0 Å². The highest BCUT2D eigenvalue weighted by Gasteiger charge is 2.24. The molecule has 0 bridgehead atoms. The van der Waals surface area contributed by atoms with E-state index >= 15 is 0 Å². The highest BCUT2D eigenvalue weighted by molar-refractivity contribution is 14.0. The number of halogens is 1. The molecule has 7 nitrogen and oxygen atoms in total. The molecule has 0 spiro atoms. The Morgan fingerprint density at radius 1 is 1.07 bits per heavy atom. The van der Waals surface area contributed by atoms with E-state index in [0.29, 0.717) is 24.6 Å². The zero-order valence-electron chi connectivity index (χ0n) is 16.8. The predicted octanol–water partition coefficient (Wildman–Crippen LogP) is 2.55. The van der Waals surface area contributed by atoms with Crippen LogP contribution in [0.3, 0.4) is 0 Å².